The van der Waals surface area contributed by atoms with Crippen LogP contribution in [0, 0.1) is 10.8 Å². The van der Waals surface area contributed by atoms with Gasteiger partial charge in [-0.1, -0.05) is 43.6 Å². The zero-order chi connectivity index (χ0) is 8.70. The Morgan fingerprint density at radius 2 is 1.64 bits per heavy atom. The maximum atomic E-state index is 3.79. The fourth-order valence-electron chi connectivity index (χ4n) is 1.68. The van der Waals surface area contributed by atoms with Gasteiger partial charge in [0.15, 0.2) is 0 Å². The van der Waals surface area contributed by atoms with Crippen molar-refractivity contribution in [1.82, 2.24) is 0 Å². The molecule has 1 rings (SSSR count). The molecule has 0 aromatic heterocycles. The van der Waals surface area contributed by atoms with Crippen LogP contribution in [0.1, 0.15) is 47.0 Å². The summed E-state index contributed by atoms with van der Waals surface area (Å²) in [6, 6.07) is 0. The number of alkyl halides is 1. The van der Waals surface area contributed by atoms with E-state index in [1.807, 2.05) is 0 Å². The Morgan fingerprint density at radius 1 is 1.09 bits per heavy atom. The van der Waals surface area contributed by atoms with Crippen LogP contribution in [0.4, 0.5) is 0 Å². The smallest absolute Gasteiger partial charge is 0.0202 e. The van der Waals surface area contributed by atoms with Gasteiger partial charge in [-0.25, -0.2) is 0 Å². The van der Waals surface area contributed by atoms with Gasteiger partial charge in [-0.05, 0) is 30.1 Å². The average Bonchev–Trinajstić information content (AvgIpc) is 1.81. The van der Waals surface area contributed by atoms with Crippen molar-refractivity contribution in [2.75, 3.05) is 0 Å². The zero-order valence-electron chi connectivity index (χ0n) is 8.08. The topological polar surface area (TPSA) is 0 Å². The lowest BCUT2D eigenvalue weighted by atomic mass is 9.67. The number of halogens is 1. The monoisotopic (exact) mass is 218 g/mol. The molecule has 0 heterocycles. The van der Waals surface area contributed by atoms with E-state index in [1.165, 1.54) is 19.3 Å². The summed E-state index contributed by atoms with van der Waals surface area (Å²) in [5.41, 5.74) is 1.07. The second-order valence-corrected chi connectivity index (χ2v) is 6.43. The van der Waals surface area contributed by atoms with Crippen LogP contribution < -0.4 is 0 Å². The van der Waals surface area contributed by atoms with Gasteiger partial charge in [-0.3, -0.25) is 0 Å². The molecule has 11 heavy (non-hydrogen) atoms. The fourth-order valence-corrected chi connectivity index (χ4v) is 2.79. The molecule has 0 spiro atoms. The van der Waals surface area contributed by atoms with E-state index in [2.05, 4.69) is 43.6 Å². The summed E-state index contributed by atoms with van der Waals surface area (Å²) in [4.78, 5) is 0.707. The summed E-state index contributed by atoms with van der Waals surface area (Å²) in [7, 11) is 0. The first kappa shape index (κ1) is 9.57. The molecule has 1 aliphatic rings. The van der Waals surface area contributed by atoms with Crippen molar-refractivity contribution >= 4 is 15.9 Å². The van der Waals surface area contributed by atoms with E-state index >= 15 is 0 Å². The van der Waals surface area contributed by atoms with Crippen LogP contribution in [0.5, 0.6) is 0 Å². The van der Waals surface area contributed by atoms with Crippen LogP contribution in [-0.2, 0) is 0 Å². The van der Waals surface area contributed by atoms with Gasteiger partial charge in [0, 0.05) is 4.83 Å². The molecule has 0 aliphatic heterocycles. The highest BCUT2D eigenvalue weighted by Crippen LogP contribution is 2.47. The standard InChI is InChI=1S/C10H19Br/c1-9(2)5-6-10(3,4)8(11)7-9/h8H,5-7H2,1-4H3. The Hall–Kier alpha value is 0.480. The van der Waals surface area contributed by atoms with Crippen molar-refractivity contribution in [2.45, 2.75) is 51.8 Å². The highest BCUT2D eigenvalue weighted by molar-refractivity contribution is 9.09. The van der Waals surface area contributed by atoms with Gasteiger partial charge in [0.1, 0.15) is 0 Å². The van der Waals surface area contributed by atoms with Crippen molar-refractivity contribution < 1.29 is 0 Å². The van der Waals surface area contributed by atoms with Crippen LogP contribution in [0.15, 0.2) is 0 Å². The molecule has 1 fully saturated rings. The normalized spacial score (nSPS) is 35.2. The molecular formula is C10H19Br. The summed E-state index contributed by atoms with van der Waals surface area (Å²) in [6.45, 7) is 9.47. The van der Waals surface area contributed by atoms with Crippen molar-refractivity contribution in [3.63, 3.8) is 0 Å². The van der Waals surface area contributed by atoms with Crippen molar-refractivity contribution in [3.05, 3.63) is 0 Å². The molecule has 0 radical (unpaired) electrons. The molecule has 0 bridgehead atoms. The zero-order valence-corrected chi connectivity index (χ0v) is 9.66. The minimum atomic E-state index is 0.509. The molecule has 0 amide bonds. The average molecular weight is 219 g/mol. The van der Waals surface area contributed by atoms with Gasteiger partial charge in [0.05, 0.1) is 0 Å². The molecule has 1 atom stereocenters. The van der Waals surface area contributed by atoms with E-state index in [-0.39, 0.29) is 0 Å². The first-order chi connectivity index (χ1) is 4.83. The lowest BCUT2D eigenvalue weighted by molar-refractivity contribution is 0.145. The minimum absolute atomic E-state index is 0.509. The molecule has 0 aromatic carbocycles. The molecular weight excluding hydrogens is 200 g/mol. The van der Waals surface area contributed by atoms with Gasteiger partial charge in [-0.2, -0.15) is 0 Å². The summed E-state index contributed by atoms with van der Waals surface area (Å²) >= 11 is 3.79. The lowest BCUT2D eigenvalue weighted by Gasteiger charge is -2.43. The van der Waals surface area contributed by atoms with Crippen molar-refractivity contribution in [1.29, 1.82) is 0 Å². The number of rotatable bonds is 0. The summed E-state index contributed by atoms with van der Waals surface area (Å²) in [5.74, 6) is 0. The van der Waals surface area contributed by atoms with E-state index in [4.69, 9.17) is 0 Å². The molecule has 66 valence electrons. The molecule has 0 N–H and O–H groups in total. The van der Waals surface area contributed by atoms with E-state index in [9.17, 15) is 0 Å². The van der Waals surface area contributed by atoms with E-state index < -0.39 is 0 Å². The quantitative estimate of drug-likeness (QED) is 0.540. The van der Waals surface area contributed by atoms with Crippen molar-refractivity contribution in [2.24, 2.45) is 10.8 Å². The third-order valence-electron chi connectivity index (χ3n) is 3.03. The Balaban J connectivity index is 2.63. The van der Waals surface area contributed by atoms with Crippen LogP contribution in [0.25, 0.3) is 0 Å². The highest BCUT2D eigenvalue weighted by atomic mass is 79.9. The van der Waals surface area contributed by atoms with Gasteiger partial charge in [0.2, 0.25) is 0 Å². The number of hydrogen-bond donors (Lipinski definition) is 0. The second kappa shape index (κ2) is 2.76. The van der Waals surface area contributed by atoms with E-state index in [0.29, 0.717) is 15.7 Å². The van der Waals surface area contributed by atoms with Crippen LogP contribution in [-0.4, -0.2) is 4.83 Å². The fraction of sp³-hybridized carbons (Fsp3) is 1.00. The SMILES string of the molecule is CC1(C)CCC(C)(C)C(Br)C1. The van der Waals surface area contributed by atoms with Crippen LogP contribution >= 0.6 is 15.9 Å². The van der Waals surface area contributed by atoms with Crippen LogP contribution in [0.2, 0.25) is 0 Å². The van der Waals surface area contributed by atoms with Gasteiger partial charge < -0.3 is 0 Å². The third-order valence-corrected chi connectivity index (χ3v) is 4.59. The largest absolute Gasteiger partial charge is 0.0885 e. The number of hydrogen-bond acceptors (Lipinski definition) is 0. The summed E-state index contributed by atoms with van der Waals surface area (Å²) < 4.78 is 0. The van der Waals surface area contributed by atoms with Gasteiger partial charge >= 0.3 is 0 Å². The van der Waals surface area contributed by atoms with Gasteiger partial charge in [-0.15, -0.1) is 0 Å². The molecule has 0 saturated heterocycles. The van der Waals surface area contributed by atoms with Crippen LogP contribution in [0.3, 0.4) is 0 Å². The first-order valence-corrected chi connectivity index (χ1v) is 5.39. The van der Waals surface area contributed by atoms with Crippen molar-refractivity contribution in [3.8, 4) is 0 Å². The first-order valence-electron chi connectivity index (χ1n) is 4.48. The Kier molecular flexibility index (Phi) is 2.40. The maximum absolute atomic E-state index is 3.79. The van der Waals surface area contributed by atoms with E-state index in [0.717, 1.165) is 0 Å². The predicted octanol–water partition coefficient (Wildman–Crippen LogP) is 3.99. The Bertz CT molecular complexity index is 147. The molecule has 0 nitrogen and oxygen atoms in total. The van der Waals surface area contributed by atoms with Gasteiger partial charge in [0.25, 0.3) is 0 Å². The Morgan fingerprint density at radius 3 is 2.00 bits per heavy atom. The second-order valence-electron chi connectivity index (χ2n) is 5.32. The summed E-state index contributed by atoms with van der Waals surface area (Å²) in [5, 5.41) is 0. The maximum Gasteiger partial charge on any atom is 0.0202 e. The predicted molar refractivity (Wildman–Crippen MR) is 54.1 cm³/mol. The Labute approximate surface area is 78.9 Å². The summed E-state index contributed by atoms with van der Waals surface area (Å²) in [6.07, 6.45) is 4.05. The molecule has 1 heteroatoms. The minimum Gasteiger partial charge on any atom is -0.0885 e. The molecule has 1 saturated carbocycles. The molecule has 1 unspecified atom stereocenters. The molecule has 0 aromatic rings. The molecule has 1 aliphatic carbocycles. The highest BCUT2D eigenvalue weighted by Gasteiger charge is 2.38. The third kappa shape index (κ3) is 2.21. The van der Waals surface area contributed by atoms with E-state index in [1.54, 1.807) is 0 Å². The lowest BCUT2D eigenvalue weighted by Crippen LogP contribution is -2.35.